The predicted molar refractivity (Wildman–Crippen MR) is 108 cm³/mol. The smallest absolute Gasteiger partial charge is 0.165 e. The molecular formula is C22H31NO4. The molecule has 1 unspecified atom stereocenters. The third kappa shape index (κ3) is 6.77. The summed E-state index contributed by atoms with van der Waals surface area (Å²) in [5.41, 5.74) is 1.04. The lowest BCUT2D eigenvalue weighted by atomic mass is 10.1. The van der Waals surface area contributed by atoms with E-state index in [0.29, 0.717) is 24.8 Å². The summed E-state index contributed by atoms with van der Waals surface area (Å²) < 4.78 is 16.6. The molecule has 0 spiro atoms. The molecule has 1 atom stereocenters. The summed E-state index contributed by atoms with van der Waals surface area (Å²) in [5.74, 6) is 2.70. The van der Waals surface area contributed by atoms with Crippen LogP contribution in [0.3, 0.4) is 0 Å². The number of para-hydroxylation sites is 2. The molecule has 0 saturated heterocycles. The normalized spacial score (nSPS) is 12.3. The van der Waals surface area contributed by atoms with Crippen molar-refractivity contribution in [3.05, 3.63) is 54.1 Å². The Kier molecular flexibility index (Phi) is 8.43. The van der Waals surface area contributed by atoms with Crippen LogP contribution in [-0.4, -0.2) is 50.0 Å². The maximum Gasteiger partial charge on any atom is 0.165 e. The minimum Gasteiger partial charge on any atom is -0.493 e. The first-order valence-electron chi connectivity index (χ1n) is 9.31. The number of aliphatic hydroxyl groups excluding tert-OH is 1. The molecule has 5 nitrogen and oxygen atoms in total. The number of benzene rings is 2. The SMILES string of the molecule is COc1cccc(CN(CC(C)C)CC(O)COc2ccccc2)c1OC. The van der Waals surface area contributed by atoms with Gasteiger partial charge in [-0.15, -0.1) is 0 Å². The Hall–Kier alpha value is -2.24. The number of methoxy groups -OCH3 is 2. The first kappa shape index (κ1) is 21.1. The van der Waals surface area contributed by atoms with Gasteiger partial charge in [0.15, 0.2) is 11.5 Å². The van der Waals surface area contributed by atoms with E-state index in [-0.39, 0.29) is 6.61 Å². The Balaban J connectivity index is 2.02. The first-order valence-corrected chi connectivity index (χ1v) is 9.31. The molecule has 2 rings (SSSR count). The molecule has 2 aromatic carbocycles. The van der Waals surface area contributed by atoms with Crippen LogP contribution in [-0.2, 0) is 6.54 Å². The summed E-state index contributed by atoms with van der Waals surface area (Å²) in [5, 5.41) is 10.5. The monoisotopic (exact) mass is 373 g/mol. The lowest BCUT2D eigenvalue weighted by molar-refractivity contribution is 0.0612. The van der Waals surface area contributed by atoms with Crippen LogP contribution in [0.5, 0.6) is 17.2 Å². The van der Waals surface area contributed by atoms with E-state index in [2.05, 4.69) is 18.7 Å². The lowest BCUT2D eigenvalue weighted by Crippen LogP contribution is -2.37. The van der Waals surface area contributed by atoms with E-state index in [0.717, 1.165) is 23.6 Å². The summed E-state index contributed by atoms with van der Waals surface area (Å²) in [4.78, 5) is 2.22. The van der Waals surface area contributed by atoms with Crippen LogP contribution < -0.4 is 14.2 Å². The number of aliphatic hydroxyl groups is 1. The zero-order chi connectivity index (χ0) is 19.6. The highest BCUT2D eigenvalue weighted by Gasteiger charge is 2.18. The molecule has 5 heteroatoms. The second-order valence-corrected chi connectivity index (χ2v) is 7.02. The number of rotatable bonds is 11. The molecule has 27 heavy (non-hydrogen) atoms. The van der Waals surface area contributed by atoms with Gasteiger partial charge in [-0.2, -0.15) is 0 Å². The van der Waals surface area contributed by atoms with E-state index in [1.165, 1.54) is 0 Å². The zero-order valence-electron chi connectivity index (χ0n) is 16.7. The van der Waals surface area contributed by atoms with E-state index in [9.17, 15) is 5.11 Å². The molecule has 2 aromatic rings. The summed E-state index contributed by atoms with van der Waals surface area (Å²) >= 11 is 0. The molecule has 0 heterocycles. The van der Waals surface area contributed by atoms with Crippen molar-refractivity contribution in [3.63, 3.8) is 0 Å². The zero-order valence-corrected chi connectivity index (χ0v) is 16.7. The van der Waals surface area contributed by atoms with Crippen molar-refractivity contribution in [2.24, 2.45) is 5.92 Å². The van der Waals surface area contributed by atoms with Crippen LogP contribution in [0.25, 0.3) is 0 Å². The van der Waals surface area contributed by atoms with Gasteiger partial charge in [0, 0.05) is 25.2 Å². The van der Waals surface area contributed by atoms with Gasteiger partial charge in [0.05, 0.1) is 14.2 Å². The molecular weight excluding hydrogens is 342 g/mol. The van der Waals surface area contributed by atoms with Crippen LogP contribution in [0.4, 0.5) is 0 Å². The van der Waals surface area contributed by atoms with E-state index in [1.54, 1.807) is 14.2 Å². The predicted octanol–water partition coefficient (Wildman–Crippen LogP) is 3.60. The summed E-state index contributed by atoms with van der Waals surface area (Å²) in [6.07, 6.45) is -0.583. The van der Waals surface area contributed by atoms with Crippen LogP contribution in [0.1, 0.15) is 19.4 Å². The Morgan fingerprint density at radius 2 is 1.67 bits per heavy atom. The Labute approximate surface area is 162 Å². The molecule has 148 valence electrons. The second kappa shape index (κ2) is 10.8. The summed E-state index contributed by atoms with van der Waals surface area (Å²) in [6, 6.07) is 15.4. The van der Waals surface area contributed by atoms with Crippen molar-refractivity contribution in [1.29, 1.82) is 0 Å². The van der Waals surface area contributed by atoms with Gasteiger partial charge < -0.3 is 19.3 Å². The van der Waals surface area contributed by atoms with Crippen molar-refractivity contribution < 1.29 is 19.3 Å². The van der Waals surface area contributed by atoms with E-state index in [4.69, 9.17) is 14.2 Å². The highest BCUT2D eigenvalue weighted by Crippen LogP contribution is 2.31. The van der Waals surface area contributed by atoms with Gasteiger partial charge in [-0.1, -0.05) is 44.2 Å². The Morgan fingerprint density at radius 3 is 2.30 bits per heavy atom. The van der Waals surface area contributed by atoms with E-state index >= 15 is 0 Å². The van der Waals surface area contributed by atoms with Gasteiger partial charge in [0.1, 0.15) is 18.5 Å². The molecule has 0 fully saturated rings. The average molecular weight is 373 g/mol. The minimum atomic E-state index is -0.583. The van der Waals surface area contributed by atoms with Crippen LogP contribution in [0.2, 0.25) is 0 Å². The summed E-state index contributed by atoms with van der Waals surface area (Å²) in [7, 11) is 3.29. The fraction of sp³-hybridized carbons (Fsp3) is 0.455. The highest BCUT2D eigenvalue weighted by atomic mass is 16.5. The summed E-state index contributed by atoms with van der Waals surface area (Å²) in [6.45, 7) is 6.65. The van der Waals surface area contributed by atoms with E-state index < -0.39 is 6.10 Å². The van der Waals surface area contributed by atoms with Crippen LogP contribution in [0, 0.1) is 5.92 Å². The van der Waals surface area contributed by atoms with Crippen molar-refractivity contribution in [1.82, 2.24) is 4.90 Å². The fourth-order valence-electron chi connectivity index (χ4n) is 3.10. The third-order valence-electron chi connectivity index (χ3n) is 4.16. The van der Waals surface area contributed by atoms with Gasteiger partial charge in [-0.05, 0) is 24.1 Å². The first-order chi connectivity index (χ1) is 13.0. The Bertz CT molecular complexity index is 675. The van der Waals surface area contributed by atoms with Crippen molar-refractivity contribution in [2.75, 3.05) is 33.9 Å². The molecule has 1 N–H and O–H groups in total. The fourth-order valence-corrected chi connectivity index (χ4v) is 3.10. The number of hydrogen-bond donors (Lipinski definition) is 1. The molecule has 0 saturated carbocycles. The van der Waals surface area contributed by atoms with Gasteiger partial charge in [0.25, 0.3) is 0 Å². The number of ether oxygens (including phenoxy) is 3. The molecule has 0 radical (unpaired) electrons. The van der Waals surface area contributed by atoms with Crippen molar-refractivity contribution in [3.8, 4) is 17.2 Å². The van der Waals surface area contributed by atoms with Crippen molar-refractivity contribution in [2.45, 2.75) is 26.5 Å². The highest BCUT2D eigenvalue weighted by molar-refractivity contribution is 5.46. The number of hydrogen-bond acceptors (Lipinski definition) is 5. The largest absolute Gasteiger partial charge is 0.493 e. The molecule has 0 aliphatic heterocycles. The van der Waals surface area contributed by atoms with Gasteiger partial charge in [-0.3, -0.25) is 4.90 Å². The van der Waals surface area contributed by atoms with Gasteiger partial charge in [0.2, 0.25) is 0 Å². The maximum absolute atomic E-state index is 10.5. The van der Waals surface area contributed by atoms with Gasteiger partial charge >= 0.3 is 0 Å². The maximum atomic E-state index is 10.5. The molecule has 0 bridgehead atoms. The average Bonchev–Trinajstić information content (AvgIpc) is 2.66. The van der Waals surface area contributed by atoms with Crippen molar-refractivity contribution >= 4 is 0 Å². The van der Waals surface area contributed by atoms with E-state index in [1.807, 2.05) is 48.5 Å². The molecule has 0 amide bonds. The van der Waals surface area contributed by atoms with Crippen LogP contribution in [0.15, 0.2) is 48.5 Å². The topological polar surface area (TPSA) is 51.2 Å². The molecule has 0 aliphatic rings. The van der Waals surface area contributed by atoms with Gasteiger partial charge in [-0.25, -0.2) is 0 Å². The minimum absolute atomic E-state index is 0.258. The third-order valence-corrected chi connectivity index (χ3v) is 4.16. The second-order valence-electron chi connectivity index (χ2n) is 7.02. The quantitative estimate of drug-likeness (QED) is 0.652. The number of nitrogens with zero attached hydrogens (tertiary/aromatic N) is 1. The Morgan fingerprint density at radius 1 is 0.926 bits per heavy atom. The molecule has 0 aromatic heterocycles. The standard InChI is InChI=1S/C22H31NO4/c1-17(2)13-23(14-18-9-8-12-21(25-3)22(18)26-4)15-19(24)16-27-20-10-6-5-7-11-20/h5-12,17,19,24H,13-16H2,1-4H3. The lowest BCUT2D eigenvalue weighted by Gasteiger charge is -2.27. The van der Waals surface area contributed by atoms with Crippen LogP contribution >= 0.6 is 0 Å². The molecule has 0 aliphatic carbocycles.